The lowest BCUT2D eigenvalue weighted by atomic mass is 9.89. The van der Waals surface area contributed by atoms with Crippen molar-refractivity contribution in [3.63, 3.8) is 0 Å². The number of aryl methyl sites for hydroxylation is 1. The van der Waals surface area contributed by atoms with Crippen LogP contribution in [0, 0.1) is 5.92 Å². The smallest absolute Gasteiger partial charge is 0.306 e. The van der Waals surface area contributed by atoms with E-state index < -0.39 is 0 Å². The molecule has 2 aliphatic carbocycles. The lowest BCUT2D eigenvalue weighted by molar-refractivity contribution is -0.150. The molecular formula is C18H23NO3. The van der Waals surface area contributed by atoms with Gasteiger partial charge in [-0.05, 0) is 49.7 Å². The van der Waals surface area contributed by atoms with Gasteiger partial charge in [0.1, 0.15) is 6.10 Å². The number of rotatable bonds is 6. The van der Waals surface area contributed by atoms with E-state index in [1.54, 1.807) is 0 Å². The Morgan fingerprint density at radius 3 is 2.82 bits per heavy atom. The first kappa shape index (κ1) is 15.1. The number of carbonyl (C=O) groups is 2. The van der Waals surface area contributed by atoms with E-state index >= 15 is 0 Å². The Bertz CT molecular complexity index is 551. The molecule has 0 aromatic heterocycles. The van der Waals surface area contributed by atoms with Gasteiger partial charge in [0, 0.05) is 18.9 Å². The number of benzene rings is 1. The SMILES string of the molecule is O=C(CCCNC(=O)C1CC1)O[C@@H]1CCCc2ccccc21. The summed E-state index contributed by atoms with van der Waals surface area (Å²) in [6, 6.07) is 8.20. The highest BCUT2D eigenvalue weighted by molar-refractivity contribution is 5.80. The van der Waals surface area contributed by atoms with Crippen LogP contribution in [0.5, 0.6) is 0 Å². The Hall–Kier alpha value is -1.84. The highest BCUT2D eigenvalue weighted by atomic mass is 16.5. The normalized spacial score (nSPS) is 20.1. The van der Waals surface area contributed by atoms with Crippen molar-refractivity contribution in [3.8, 4) is 0 Å². The Labute approximate surface area is 131 Å². The van der Waals surface area contributed by atoms with Crippen LogP contribution in [-0.2, 0) is 20.7 Å². The number of hydrogen-bond donors (Lipinski definition) is 1. The molecule has 0 saturated heterocycles. The van der Waals surface area contributed by atoms with Crippen LogP contribution in [0.1, 0.15) is 55.8 Å². The summed E-state index contributed by atoms with van der Waals surface area (Å²) in [5.74, 6) is 0.197. The van der Waals surface area contributed by atoms with Crippen molar-refractivity contribution in [1.29, 1.82) is 0 Å². The summed E-state index contributed by atoms with van der Waals surface area (Å²) in [4.78, 5) is 23.5. The van der Waals surface area contributed by atoms with Crippen molar-refractivity contribution in [2.75, 3.05) is 6.54 Å². The van der Waals surface area contributed by atoms with Crippen LogP contribution in [0.2, 0.25) is 0 Å². The largest absolute Gasteiger partial charge is 0.457 e. The zero-order chi connectivity index (χ0) is 15.4. The van der Waals surface area contributed by atoms with Crippen LogP contribution in [0.4, 0.5) is 0 Å². The van der Waals surface area contributed by atoms with E-state index in [1.807, 2.05) is 12.1 Å². The fourth-order valence-electron chi connectivity index (χ4n) is 2.98. The van der Waals surface area contributed by atoms with Crippen LogP contribution in [-0.4, -0.2) is 18.4 Å². The van der Waals surface area contributed by atoms with E-state index in [4.69, 9.17) is 4.74 Å². The number of ether oxygens (including phenoxy) is 1. The van der Waals surface area contributed by atoms with E-state index in [2.05, 4.69) is 17.4 Å². The predicted molar refractivity (Wildman–Crippen MR) is 83.2 cm³/mol. The standard InChI is InChI=1S/C18H23NO3/c20-17(9-4-12-19-18(21)14-10-11-14)22-16-8-3-6-13-5-1-2-7-15(13)16/h1-2,5,7,14,16H,3-4,6,8-12H2,(H,19,21)/t16-/m1/s1. The summed E-state index contributed by atoms with van der Waals surface area (Å²) in [6.07, 6.45) is 5.96. The Morgan fingerprint density at radius 2 is 2.00 bits per heavy atom. The summed E-state index contributed by atoms with van der Waals surface area (Å²) in [7, 11) is 0. The van der Waals surface area contributed by atoms with Crippen LogP contribution < -0.4 is 5.32 Å². The maximum Gasteiger partial charge on any atom is 0.306 e. The van der Waals surface area contributed by atoms with E-state index in [0.29, 0.717) is 19.4 Å². The molecule has 3 rings (SSSR count). The van der Waals surface area contributed by atoms with Crippen molar-refractivity contribution < 1.29 is 14.3 Å². The summed E-state index contributed by atoms with van der Waals surface area (Å²) in [5, 5.41) is 2.87. The topological polar surface area (TPSA) is 55.4 Å². The molecule has 1 aromatic rings. The molecule has 22 heavy (non-hydrogen) atoms. The van der Waals surface area contributed by atoms with Crippen molar-refractivity contribution in [2.45, 2.75) is 51.0 Å². The number of amides is 1. The van der Waals surface area contributed by atoms with Gasteiger partial charge in [-0.15, -0.1) is 0 Å². The van der Waals surface area contributed by atoms with Gasteiger partial charge in [0.05, 0.1) is 0 Å². The Balaban J connectivity index is 1.41. The molecule has 0 radical (unpaired) electrons. The second kappa shape index (κ2) is 6.95. The molecule has 1 aromatic carbocycles. The third kappa shape index (κ3) is 3.87. The molecule has 0 bridgehead atoms. The summed E-state index contributed by atoms with van der Waals surface area (Å²) < 4.78 is 5.63. The van der Waals surface area contributed by atoms with Crippen LogP contribution in [0.25, 0.3) is 0 Å². The molecule has 1 fully saturated rings. The maximum atomic E-state index is 12.0. The van der Waals surface area contributed by atoms with Crippen LogP contribution in [0.15, 0.2) is 24.3 Å². The van der Waals surface area contributed by atoms with E-state index in [-0.39, 0.29) is 23.9 Å². The first-order valence-corrected chi connectivity index (χ1v) is 8.29. The zero-order valence-corrected chi connectivity index (χ0v) is 12.8. The molecule has 1 saturated carbocycles. The van der Waals surface area contributed by atoms with Gasteiger partial charge < -0.3 is 10.1 Å². The van der Waals surface area contributed by atoms with Crippen molar-refractivity contribution >= 4 is 11.9 Å². The molecule has 1 amide bonds. The number of hydrogen-bond acceptors (Lipinski definition) is 3. The summed E-state index contributed by atoms with van der Waals surface area (Å²) in [6.45, 7) is 0.561. The maximum absolute atomic E-state index is 12.0. The molecular weight excluding hydrogens is 278 g/mol. The lowest BCUT2D eigenvalue weighted by Gasteiger charge is -2.25. The van der Waals surface area contributed by atoms with Gasteiger partial charge in [-0.3, -0.25) is 9.59 Å². The Kier molecular flexibility index (Phi) is 4.76. The van der Waals surface area contributed by atoms with Crippen molar-refractivity contribution in [2.24, 2.45) is 5.92 Å². The highest BCUT2D eigenvalue weighted by Crippen LogP contribution is 2.32. The summed E-state index contributed by atoms with van der Waals surface area (Å²) in [5.41, 5.74) is 2.45. The minimum absolute atomic E-state index is 0.0986. The third-order valence-electron chi connectivity index (χ3n) is 4.39. The van der Waals surface area contributed by atoms with Crippen LogP contribution in [0.3, 0.4) is 0 Å². The van der Waals surface area contributed by atoms with Gasteiger partial charge in [-0.1, -0.05) is 24.3 Å². The van der Waals surface area contributed by atoms with Crippen molar-refractivity contribution in [1.82, 2.24) is 5.32 Å². The molecule has 4 nitrogen and oxygen atoms in total. The van der Waals surface area contributed by atoms with Gasteiger partial charge in [0.25, 0.3) is 0 Å². The summed E-state index contributed by atoms with van der Waals surface area (Å²) >= 11 is 0. The first-order chi connectivity index (χ1) is 10.7. The molecule has 1 N–H and O–H groups in total. The number of carbonyl (C=O) groups excluding carboxylic acids is 2. The number of fused-ring (bicyclic) bond motifs is 1. The van der Waals surface area contributed by atoms with Gasteiger partial charge in [0.15, 0.2) is 0 Å². The van der Waals surface area contributed by atoms with E-state index in [1.165, 1.54) is 5.56 Å². The van der Waals surface area contributed by atoms with Gasteiger partial charge >= 0.3 is 5.97 Å². The molecule has 0 spiro atoms. The molecule has 0 unspecified atom stereocenters. The first-order valence-electron chi connectivity index (χ1n) is 8.29. The second-order valence-corrected chi connectivity index (χ2v) is 6.24. The van der Waals surface area contributed by atoms with E-state index in [0.717, 1.165) is 37.7 Å². The third-order valence-corrected chi connectivity index (χ3v) is 4.39. The van der Waals surface area contributed by atoms with Gasteiger partial charge in [-0.25, -0.2) is 0 Å². The fourth-order valence-corrected chi connectivity index (χ4v) is 2.98. The molecule has 0 heterocycles. The average molecular weight is 301 g/mol. The zero-order valence-electron chi connectivity index (χ0n) is 12.8. The lowest BCUT2D eigenvalue weighted by Crippen LogP contribution is -2.26. The molecule has 118 valence electrons. The predicted octanol–water partition coefficient (Wildman–Crippen LogP) is 2.91. The minimum atomic E-state index is -0.164. The Morgan fingerprint density at radius 1 is 1.18 bits per heavy atom. The minimum Gasteiger partial charge on any atom is -0.457 e. The number of esters is 1. The quantitative estimate of drug-likeness (QED) is 0.649. The molecule has 4 heteroatoms. The molecule has 1 atom stereocenters. The fraction of sp³-hybridized carbons (Fsp3) is 0.556. The van der Waals surface area contributed by atoms with E-state index in [9.17, 15) is 9.59 Å². The highest BCUT2D eigenvalue weighted by Gasteiger charge is 2.29. The van der Waals surface area contributed by atoms with Crippen LogP contribution >= 0.6 is 0 Å². The average Bonchev–Trinajstić information content (AvgIpc) is 3.37. The monoisotopic (exact) mass is 301 g/mol. The molecule has 0 aliphatic heterocycles. The molecule has 2 aliphatic rings. The van der Waals surface area contributed by atoms with Gasteiger partial charge in [-0.2, -0.15) is 0 Å². The van der Waals surface area contributed by atoms with Crippen molar-refractivity contribution in [3.05, 3.63) is 35.4 Å². The second-order valence-electron chi connectivity index (χ2n) is 6.24. The number of nitrogens with one attached hydrogen (secondary N) is 1. The van der Waals surface area contributed by atoms with Gasteiger partial charge in [0.2, 0.25) is 5.91 Å².